The third kappa shape index (κ3) is 5.48. The summed E-state index contributed by atoms with van der Waals surface area (Å²) in [4.78, 5) is 16.8. The fraction of sp³-hybridized carbons (Fsp3) is 0.435. The van der Waals surface area contributed by atoms with Gasteiger partial charge in [-0.05, 0) is 41.3 Å². The molecule has 0 aromatic heterocycles. The van der Waals surface area contributed by atoms with Crippen LogP contribution in [0.3, 0.4) is 0 Å². The zero-order valence-electron chi connectivity index (χ0n) is 17.7. The monoisotopic (exact) mass is 417 g/mol. The lowest BCUT2D eigenvalue weighted by molar-refractivity contribution is 0.131. The molecule has 1 heterocycles. The first-order valence-electron chi connectivity index (χ1n) is 10.2. The molecular formula is C23H29F2N3O2. The van der Waals surface area contributed by atoms with Gasteiger partial charge in [0.25, 0.3) is 0 Å². The lowest BCUT2D eigenvalue weighted by atomic mass is 9.96. The van der Waals surface area contributed by atoms with Crippen LogP contribution in [0.1, 0.15) is 31.0 Å². The number of methoxy groups -OCH3 is 1. The Labute approximate surface area is 176 Å². The van der Waals surface area contributed by atoms with E-state index in [0.717, 1.165) is 11.1 Å². The minimum Gasteiger partial charge on any atom is -0.494 e. The Morgan fingerprint density at radius 2 is 1.73 bits per heavy atom. The molecule has 1 aliphatic rings. The van der Waals surface area contributed by atoms with E-state index in [-0.39, 0.29) is 35.4 Å². The SMILES string of the molecule is COc1ccc(CN2CCN(C(=O)NC(c3ccc(F)cc3)C(C)C)CC2)cc1F. The lowest BCUT2D eigenvalue weighted by Gasteiger charge is -2.36. The van der Waals surface area contributed by atoms with Crippen LogP contribution in [0.5, 0.6) is 5.75 Å². The summed E-state index contributed by atoms with van der Waals surface area (Å²) in [5, 5.41) is 3.09. The molecule has 5 nitrogen and oxygen atoms in total. The fourth-order valence-corrected chi connectivity index (χ4v) is 3.70. The highest BCUT2D eigenvalue weighted by atomic mass is 19.1. The fourth-order valence-electron chi connectivity index (χ4n) is 3.70. The van der Waals surface area contributed by atoms with Crippen LogP contribution in [0.25, 0.3) is 0 Å². The van der Waals surface area contributed by atoms with Gasteiger partial charge in [-0.2, -0.15) is 0 Å². The number of carbonyl (C=O) groups is 1. The topological polar surface area (TPSA) is 44.8 Å². The maximum atomic E-state index is 13.9. The number of nitrogens with zero attached hydrogens (tertiary/aromatic N) is 2. The van der Waals surface area contributed by atoms with E-state index in [1.54, 1.807) is 23.1 Å². The summed E-state index contributed by atoms with van der Waals surface area (Å²) in [6.45, 7) is 7.30. The van der Waals surface area contributed by atoms with E-state index in [1.807, 2.05) is 19.9 Å². The molecule has 1 unspecified atom stereocenters. The Morgan fingerprint density at radius 3 is 2.30 bits per heavy atom. The Kier molecular flexibility index (Phi) is 7.26. The number of ether oxygens (including phenoxy) is 1. The number of halogens is 2. The van der Waals surface area contributed by atoms with Crippen molar-refractivity contribution in [3.8, 4) is 5.75 Å². The van der Waals surface area contributed by atoms with Crippen LogP contribution in [0.2, 0.25) is 0 Å². The number of rotatable bonds is 6. The van der Waals surface area contributed by atoms with Crippen molar-refractivity contribution in [1.82, 2.24) is 15.1 Å². The van der Waals surface area contributed by atoms with Crippen LogP contribution in [-0.4, -0.2) is 49.1 Å². The number of piperazine rings is 1. The number of carbonyl (C=O) groups excluding carboxylic acids is 1. The summed E-state index contributed by atoms with van der Waals surface area (Å²) in [6.07, 6.45) is 0. The van der Waals surface area contributed by atoms with Gasteiger partial charge in [-0.25, -0.2) is 13.6 Å². The van der Waals surface area contributed by atoms with E-state index in [1.165, 1.54) is 25.3 Å². The average Bonchev–Trinajstić information content (AvgIpc) is 2.73. The lowest BCUT2D eigenvalue weighted by Crippen LogP contribution is -2.52. The number of nitrogens with one attached hydrogen (secondary N) is 1. The van der Waals surface area contributed by atoms with Crippen LogP contribution in [0.4, 0.5) is 13.6 Å². The first kappa shape index (κ1) is 22.0. The van der Waals surface area contributed by atoms with Gasteiger partial charge in [0.1, 0.15) is 5.82 Å². The van der Waals surface area contributed by atoms with Gasteiger partial charge in [0, 0.05) is 32.7 Å². The summed E-state index contributed by atoms with van der Waals surface area (Å²) < 4.78 is 32.1. The predicted molar refractivity (Wildman–Crippen MR) is 112 cm³/mol. The number of hydrogen-bond donors (Lipinski definition) is 1. The van der Waals surface area contributed by atoms with Gasteiger partial charge in [-0.15, -0.1) is 0 Å². The molecule has 2 amide bonds. The molecule has 1 N–H and O–H groups in total. The van der Waals surface area contributed by atoms with E-state index >= 15 is 0 Å². The van der Waals surface area contributed by atoms with E-state index in [0.29, 0.717) is 32.7 Å². The molecule has 1 fully saturated rings. The van der Waals surface area contributed by atoms with Gasteiger partial charge in [0.15, 0.2) is 11.6 Å². The zero-order valence-corrected chi connectivity index (χ0v) is 17.7. The van der Waals surface area contributed by atoms with E-state index in [4.69, 9.17) is 4.74 Å². The van der Waals surface area contributed by atoms with Crippen molar-refractivity contribution in [3.05, 3.63) is 65.2 Å². The van der Waals surface area contributed by atoms with E-state index < -0.39 is 0 Å². The van der Waals surface area contributed by atoms with E-state index in [2.05, 4.69) is 10.2 Å². The van der Waals surface area contributed by atoms with E-state index in [9.17, 15) is 13.6 Å². The van der Waals surface area contributed by atoms with Crippen LogP contribution in [0.15, 0.2) is 42.5 Å². The molecule has 0 saturated carbocycles. The normalized spacial score (nSPS) is 15.9. The van der Waals surface area contributed by atoms with Gasteiger partial charge < -0.3 is 15.0 Å². The molecule has 30 heavy (non-hydrogen) atoms. The van der Waals surface area contributed by atoms with Crippen LogP contribution in [0, 0.1) is 17.6 Å². The summed E-state index contributed by atoms with van der Waals surface area (Å²) in [7, 11) is 1.45. The maximum Gasteiger partial charge on any atom is 0.317 e. The first-order valence-corrected chi connectivity index (χ1v) is 10.2. The molecule has 1 saturated heterocycles. The van der Waals surface area contributed by atoms with Crippen molar-refractivity contribution < 1.29 is 18.3 Å². The highest BCUT2D eigenvalue weighted by Crippen LogP contribution is 2.23. The van der Waals surface area contributed by atoms with Gasteiger partial charge in [0.2, 0.25) is 0 Å². The molecule has 0 spiro atoms. The third-order valence-electron chi connectivity index (χ3n) is 5.46. The molecule has 7 heteroatoms. The van der Waals surface area contributed by atoms with Crippen LogP contribution >= 0.6 is 0 Å². The predicted octanol–water partition coefficient (Wildman–Crippen LogP) is 4.20. The molecule has 1 atom stereocenters. The summed E-state index contributed by atoms with van der Waals surface area (Å²) >= 11 is 0. The number of urea groups is 1. The van der Waals surface area contributed by atoms with Crippen molar-refractivity contribution in [1.29, 1.82) is 0 Å². The average molecular weight is 418 g/mol. The number of hydrogen-bond acceptors (Lipinski definition) is 3. The Hall–Kier alpha value is -2.67. The summed E-state index contributed by atoms with van der Waals surface area (Å²) in [5.74, 6) is -0.249. The van der Waals surface area contributed by atoms with Crippen molar-refractivity contribution in [2.45, 2.75) is 26.4 Å². The van der Waals surface area contributed by atoms with Crippen LogP contribution < -0.4 is 10.1 Å². The highest BCUT2D eigenvalue weighted by molar-refractivity contribution is 5.75. The minimum absolute atomic E-state index is 0.117. The zero-order chi connectivity index (χ0) is 21.7. The largest absolute Gasteiger partial charge is 0.494 e. The van der Waals surface area contributed by atoms with Crippen molar-refractivity contribution >= 4 is 6.03 Å². The second-order valence-electron chi connectivity index (χ2n) is 7.95. The second-order valence-corrected chi connectivity index (χ2v) is 7.95. The summed E-state index contributed by atoms with van der Waals surface area (Å²) in [5.41, 5.74) is 1.77. The molecule has 2 aromatic carbocycles. The van der Waals surface area contributed by atoms with Gasteiger partial charge in [-0.3, -0.25) is 4.90 Å². The van der Waals surface area contributed by atoms with Gasteiger partial charge in [-0.1, -0.05) is 32.0 Å². The second kappa shape index (κ2) is 9.89. The van der Waals surface area contributed by atoms with Gasteiger partial charge >= 0.3 is 6.03 Å². The van der Waals surface area contributed by atoms with Crippen molar-refractivity contribution in [3.63, 3.8) is 0 Å². The third-order valence-corrected chi connectivity index (χ3v) is 5.46. The molecular weight excluding hydrogens is 388 g/mol. The molecule has 0 bridgehead atoms. The Bertz CT molecular complexity index is 850. The summed E-state index contributed by atoms with van der Waals surface area (Å²) in [6, 6.07) is 10.9. The first-order chi connectivity index (χ1) is 14.4. The minimum atomic E-state index is -0.367. The highest BCUT2D eigenvalue weighted by Gasteiger charge is 2.25. The number of amides is 2. The standard InChI is InChI=1S/C23H29F2N3O2/c1-16(2)22(18-5-7-19(24)8-6-18)26-23(29)28-12-10-27(11-13-28)15-17-4-9-21(30-3)20(25)14-17/h4-9,14,16,22H,10-13,15H2,1-3H3,(H,26,29). The van der Waals surface area contributed by atoms with Crippen LogP contribution in [-0.2, 0) is 6.54 Å². The molecule has 3 rings (SSSR count). The van der Waals surface area contributed by atoms with Crippen molar-refractivity contribution in [2.24, 2.45) is 5.92 Å². The molecule has 0 aliphatic carbocycles. The molecule has 1 aliphatic heterocycles. The number of benzene rings is 2. The quantitative estimate of drug-likeness (QED) is 0.766. The smallest absolute Gasteiger partial charge is 0.317 e. The Morgan fingerprint density at radius 1 is 1.07 bits per heavy atom. The molecule has 2 aromatic rings. The van der Waals surface area contributed by atoms with Gasteiger partial charge in [0.05, 0.1) is 13.2 Å². The maximum absolute atomic E-state index is 13.9. The molecule has 162 valence electrons. The molecule has 0 radical (unpaired) electrons. The van der Waals surface area contributed by atoms with Crippen molar-refractivity contribution in [2.75, 3.05) is 33.3 Å². The Balaban J connectivity index is 1.54.